The van der Waals surface area contributed by atoms with E-state index in [1.54, 1.807) is 6.20 Å². The van der Waals surface area contributed by atoms with Crippen LogP contribution in [-0.4, -0.2) is 22.8 Å². The summed E-state index contributed by atoms with van der Waals surface area (Å²) in [6.07, 6.45) is 2.22. The monoisotopic (exact) mass is 169 g/mol. The van der Waals surface area contributed by atoms with Crippen molar-refractivity contribution in [1.29, 1.82) is 0 Å². The van der Waals surface area contributed by atoms with Crippen LogP contribution in [0.4, 0.5) is 5.82 Å². The van der Waals surface area contributed by atoms with E-state index >= 15 is 0 Å². The van der Waals surface area contributed by atoms with Crippen molar-refractivity contribution >= 4 is 11.8 Å². The Morgan fingerprint density at radius 2 is 2.58 bits per heavy atom. The first-order chi connectivity index (χ1) is 5.70. The minimum absolute atomic E-state index is 0.280. The third kappa shape index (κ3) is 2.26. The molecule has 0 aliphatic rings. The van der Waals surface area contributed by atoms with Gasteiger partial charge in [0, 0.05) is 18.9 Å². The molecule has 1 aromatic rings. The molecule has 1 heterocycles. The zero-order valence-electron chi connectivity index (χ0n) is 6.83. The molecule has 0 aromatic carbocycles. The molecule has 0 fully saturated rings. The maximum atomic E-state index is 10.4. The highest BCUT2D eigenvalue weighted by Gasteiger charge is 2.01. The largest absolute Gasteiger partial charge is 0.466 e. The van der Waals surface area contributed by atoms with Crippen molar-refractivity contribution in [3.8, 4) is 0 Å². The van der Waals surface area contributed by atoms with Gasteiger partial charge in [0.1, 0.15) is 5.82 Å². The molecule has 5 nitrogen and oxygen atoms in total. The van der Waals surface area contributed by atoms with E-state index in [-0.39, 0.29) is 5.97 Å². The molecule has 0 saturated carbocycles. The zero-order chi connectivity index (χ0) is 8.97. The summed E-state index contributed by atoms with van der Waals surface area (Å²) in [4.78, 5) is 10.4. The number of aromatic amines is 1. The number of nitrogens with zero attached hydrogens (tertiary/aromatic N) is 1. The summed E-state index contributed by atoms with van der Waals surface area (Å²) in [6, 6.07) is 0. The van der Waals surface area contributed by atoms with Crippen LogP contribution in [0.25, 0.3) is 0 Å². The highest BCUT2D eigenvalue weighted by atomic mass is 16.5. The number of carbonyl (C=O) groups is 1. The van der Waals surface area contributed by atoms with Crippen LogP contribution < -0.4 is 5.73 Å². The first-order valence-electron chi connectivity index (χ1n) is 3.61. The van der Waals surface area contributed by atoms with Crippen molar-refractivity contribution in [2.24, 2.45) is 0 Å². The van der Waals surface area contributed by atoms with Gasteiger partial charge in [-0.15, -0.1) is 0 Å². The van der Waals surface area contributed by atoms with Gasteiger partial charge >= 0.3 is 5.97 Å². The molecule has 0 atom stereocenters. The minimum atomic E-state index is -0.280. The maximum Gasteiger partial charge on any atom is 0.302 e. The van der Waals surface area contributed by atoms with Gasteiger partial charge in [-0.2, -0.15) is 5.10 Å². The second-order valence-electron chi connectivity index (χ2n) is 2.40. The molecule has 5 heteroatoms. The van der Waals surface area contributed by atoms with Crippen molar-refractivity contribution in [3.05, 3.63) is 11.8 Å². The van der Waals surface area contributed by atoms with Crippen LogP contribution in [-0.2, 0) is 16.0 Å². The molecule has 1 aromatic heterocycles. The molecule has 0 unspecified atom stereocenters. The van der Waals surface area contributed by atoms with Crippen LogP contribution in [0.5, 0.6) is 0 Å². The van der Waals surface area contributed by atoms with Gasteiger partial charge in [-0.05, 0) is 0 Å². The molecule has 0 radical (unpaired) electrons. The minimum Gasteiger partial charge on any atom is -0.466 e. The van der Waals surface area contributed by atoms with E-state index in [1.165, 1.54) is 6.92 Å². The van der Waals surface area contributed by atoms with E-state index < -0.39 is 0 Å². The van der Waals surface area contributed by atoms with Crippen LogP contribution >= 0.6 is 0 Å². The van der Waals surface area contributed by atoms with Crippen LogP contribution in [0.1, 0.15) is 12.5 Å². The molecule has 66 valence electrons. The van der Waals surface area contributed by atoms with Crippen molar-refractivity contribution in [2.45, 2.75) is 13.3 Å². The summed E-state index contributed by atoms with van der Waals surface area (Å²) >= 11 is 0. The summed E-state index contributed by atoms with van der Waals surface area (Å²) in [6.45, 7) is 1.72. The predicted molar refractivity (Wildman–Crippen MR) is 43.3 cm³/mol. The van der Waals surface area contributed by atoms with Gasteiger partial charge in [0.05, 0.1) is 12.8 Å². The SMILES string of the molecule is CC(=O)OCCc1cn[nH]c1N. The summed E-state index contributed by atoms with van der Waals surface area (Å²) in [7, 11) is 0. The normalized spacial score (nSPS) is 9.75. The number of ether oxygens (including phenoxy) is 1. The summed E-state index contributed by atoms with van der Waals surface area (Å²) in [5, 5.41) is 6.32. The third-order valence-corrected chi connectivity index (χ3v) is 1.43. The fraction of sp³-hybridized carbons (Fsp3) is 0.429. The number of nitrogens with one attached hydrogen (secondary N) is 1. The third-order valence-electron chi connectivity index (χ3n) is 1.43. The fourth-order valence-corrected chi connectivity index (χ4v) is 0.825. The highest BCUT2D eigenvalue weighted by molar-refractivity contribution is 5.65. The molecule has 0 saturated heterocycles. The second-order valence-corrected chi connectivity index (χ2v) is 2.40. The number of H-pyrrole nitrogens is 1. The lowest BCUT2D eigenvalue weighted by Crippen LogP contribution is -2.04. The van der Waals surface area contributed by atoms with E-state index in [4.69, 9.17) is 10.5 Å². The smallest absolute Gasteiger partial charge is 0.302 e. The number of hydrogen-bond donors (Lipinski definition) is 2. The number of carbonyl (C=O) groups excluding carboxylic acids is 1. The van der Waals surface area contributed by atoms with Gasteiger partial charge in [0.2, 0.25) is 0 Å². The van der Waals surface area contributed by atoms with Gasteiger partial charge in [0.25, 0.3) is 0 Å². The number of nitrogen functional groups attached to an aromatic ring is 1. The van der Waals surface area contributed by atoms with Crippen molar-refractivity contribution in [2.75, 3.05) is 12.3 Å². The predicted octanol–water partition coefficient (Wildman–Crippen LogP) is 0.0975. The van der Waals surface area contributed by atoms with Gasteiger partial charge in [-0.25, -0.2) is 0 Å². The van der Waals surface area contributed by atoms with Crippen molar-refractivity contribution < 1.29 is 9.53 Å². The average Bonchev–Trinajstić information content (AvgIpc) is 2.36. The van der Waals surface area contributed by atoms with Crippen LogP contribution in [0.3, 0.4) is 0 Å². The van der Waals surface area contributed by atoms with E-state index in [2.05, 4.69) is 10.2 Å². The zero-order valence-corrected chi connectivity index (χ0v) is 6.83. The topological polar surface area (TPSA) is 81.0 Å². The van der Waals surface area contributed by atoms with E-state index in [0.29, 0.717) is 18.8 Å². The quantitative estimate of drug-likeness (QED) is 0.628. The number of aromatic nitrogens is 2. The molecule has 0 aliphatic heterocycles. The Morgan fingerprint density at radius 3 is 3.08 bits per heavy atom. The molecule has 0 amide bonds. The highest BCUT2D eigenvalue weighted by Crippen LogP contribution is 2.06. The number of nitrogens with two attached hydrogens (primary N) is 1. The molecular weight excluding hydrogens is 158 g/mol. The van der Waals surface area contributed by atoms with E-state index in [0.717, 1.165) is 5.56 Å². The van der Waals surface area contributed by atoms with Crippen LogP contribution in [0.2, 0.25) is 0 Å². The molecule has 1 rings (SSSR count). The average molecular weight is 169 g/mol. The Kier molecular flexibility index (Phi) is 2.68. The number of rotatable bonds is 3. The van der Waals surface area contributed by atoms with Crippen molar-refractivity contribution in [3.63, 3.8) is 0 Å². The lowest BCUT2D eigenvalue weighted by molar-refractivity contribution is -0.140. The van der Waals surface area contributed by atoms with E-state index in [9.17, 15) is 4.79 Å². The molecule has 0 bridgehead atoms. The lowest BCUT2D eigenvalue weighted by Gasteiger charge is -1.99. The first-order valence-corrected chi connectivity index (χ1v) is 3.61. The van der Waals surface area contributed by atoms with Gasteiger partial charge in [0.15, 0.2) is 0 Å². The molecule has 0 aliphatic carbocycles. The molecule has 0 spiro atoms. The number of anilines is 1. The first kappa shape index (κ1) is 8.58. The summed E-state index contributed by atoms with van der Waals surface area (Å²) < 4.78 is 4.73. The number of hydrogen-bond acceptors (Lipinski definition) is 4. The van der Waals surface area contributed by atoms with Crippen molar-refractivity contribution in [1.82, 2.24) is 10.2 Å². The van der Waals surface area contributed by atoms with E-state index in [1.807, 2.05) is 0 Å². The summed E-state index contributed by atoms with van der Waals surface area (Å²) in [5.74, 6) is 0.249. The van der Waals surface area contributed by atoms with Crippen LogP contribution in [0.15, 0.2) is 6.20 Å². The molecule has 3 N–H and O–H groups in total. The fourth-order valence-electron chi connectivity index (χ4n) is 0.825. The lowest BCUT2D eigenvalue weighted by atomic mass is 10.2. The number of esters is 1. The Balaban J connectivity index is 2.33. The molecular formula is C7H11N3O2. The van der Waals surface area contributed by atoms with Gasteiger partial charge in [-0.1, -0.05) is 0 Å². The Labute approximate surface area is 69.9 Å². The van der Waals surface area contributed by atoms with Crippen LogP contribution in [0, 0.1) is 0 Å². The van der Waals surface area contributed by atoms with Gasteiger partial charge in [-0.3, -0.25) is 9.89 Å². The van der Waals surface area contributed by atoms with Gasteiger partial charge < -0.3 is 10.5 Å². The Bertz CT molecular complexity index is 269. The maximum absolute atomic E-state index is 10.4. The second kappa shape index (κ2) is 3.75. The Morgan fingerprint density at radius 1 is 1.83 bits per heavy atom. The summed E-state index contributed by atoms with van der Waals surface area (Å²) in [5.41, 5.74) is 6.37. The standard InChI is InChI=1S/C7H11N3O2/c1-5(11)12-3-2-6-4-9-10-7(6)8/h4H,2-3H2,1H3,(H3,8,9,10). The molecule has 12 heavy (non-hydrogen) atoms. The Hall–Kier alpha value is -1.52.